The number of carboxylic acid groups (broad SMARTS) is 1. The normalized spacial score (nSPS) is 11.5. The molecule has 0 aliphatic carbocycles. The second kappa shape index (κ2) is 11.9. The summed E-state index contributed by atoms with van der Waals surface area (Å²) in [7, 11) is 0. The van der Waals surface area contributed by atoms with Crippen molar-refractivity contribution < 1.29 is 9.90 Å². The van der Waals surface area contributed by atoms with Gasteiger partial charge in [0.1, 0.15) is 17.5 Å². The maximum atomic E-state index is 11.5. The Hall–Kier alpha value is -4.47. The molecule has 5 rings (SSSR count). The predicted molar refractivity (Wildman–Crippen MR) is 159 cm³/mol. The van der Waals surface area contributed by atoms with E-state index in [4.69, 9.17) is 4.98 Å². The fourth-order valence-corrected chi connectivity index (χ4v) is 5.92. The van der Waals surface area contributed by atoms with Gasteiger partial charge in [0, 0.05) is 21.0 Å². The van der Waals surface area contributed by atoms with E-state index in [9.17, 15) is 15.2 Å². The van der Waals surface area contributed by atoms with Crippen molar-refractivity contribution in [2.45, 2.75) is 39.0 Å². The zero-order chi connectivity index (χ0) is 27.2. The van der Waals surface area contributed by atoms with Crippen molar-refractivity contribution in [1.29, 1.82) is 5.26 Å². The van der Waals surface area contributed by atoms with Crippen LogP contribution in [0.2, 0.25) is 0 Å². The lowest BCUT2D eigenvalue weighted by molar-refractivity contribution is -0.132. The summed E-state index contributed by atoms with van der Waals surface area (Å²) in [4.78, 5) is 18.4. The second-order valence-electron chi connectivity index (χ2n) is 9.46. The summed E-state index contributed by atoms with van der Waals surface area (Å²) in [5.41, 5.74) is 5.96. The minimum absolute atomic E-state index is 0.242. The number of aromatic nitrogens is 2. The number of fused-ring (bicyclic) bond motifs is 1. The van der Waals surface area contributed by atoms with E-state index in [1.165, 1.54) is 23.8 Å². The molecule has 0 saturated carbocycles. The number of aliphatic carboxylic acids is 1. The fraction of sp³-hybridized carbons (Fsp3) is 0.182. The van der Waals surface area contributed by atoms with Crippen LogP contribution in [0.5, 0.6) is 0 Å². The Morgan fingerprint density at radius 3 is 2.41 bits per heavy atom. The number of aryl methyl sites for hydroxylation is 1. The zero-order valence-electron chi connectivity index (χ0n) is 21.8. The van der Waals surface area contributed by atoms with Crippen molar-refractivity contribution in [3.8, 4) is 33.6 Å². The third-order valence-corrected chi connectivity index (χ3v) is 7.94. The molecule has 0 bridgehead atoms. The van der Waals surface area contributed by atoms with E-state index < -0.39 is 5.97 Å². The molecule has 2 aromatic heterocycles. The van der Waals surface area contributed by atoms with Crippen LogP contribution in [0.1, 0.15) is 43.0 Å². The Bertz CT molecular complexity index is 1670. The summed E-state index contributed by atoms with van der Waals surface area (Å²) in [5, 5.41) is 18.7. The van der Waals surface area contributed by atoms with Gasteiger partial charge in [-0.2, -0.15) is 5.26 Å². The molecule has 194 valence electrons. The summed E-state index contributed by atoms with van der Waals surface area (Å²) in [6.07, 6.45) is 6.88. The van der Waals surface area contributed by atoms with Crippen molar-refractivity contribution in [3.63, 3.8) is 0 Å². The molecule has 0 atom stereocenters. The van der Waals surface area contributed by atoms with Gasteiger partial charge in [0.2, 0.25) is 0 Å². The van der Waals surface area contributed by atoms with Gasteiger partial charge < -0.3 is 5.11 Å². The first-order valence-electron chi connectivity index (χ1n) is 13.2. The molecule has 0 spiro atoms. The quantitative estimate of drug-likeness (QED) is 0.111. The topological polar surface area (TPSA) is 78.9 Å². The number of rotatable bonds is 10. The summed E-state index contributed by atoms with van der Waals surface area (Å²) in [5.74, 6) is -0.324. The highest BCUT2D eigenvalue weighted by atomic mass is 32.1. The number of benzene rings is 3. The van der Waals surface area contributed by atoms with Crippen LogP contribution in [-0.4, -0.2) is 20.6 Å². The van der Waals surface area contributed by atoms with Crippen molar-refractivity contribution in [2.75, 3.05) is 0 Å². The molecule has 2 heterocycles. The van der Waals surface area contributed by atoms with Crippen LogP contribution in [0.3, 0.4) is 0 Å². The van der Waals surface area contributed by atoms with Gasteiger partial charge in [-0.25, -0.2) is 9.78 Å². The summed E-state index contributed by atoms with van der Waals surface area (Å²) in [6.45, 7) is 2.18. The van der Waals surface area contributed by atoms with Gasteiger partial charge >= 0.3 is 5.97 Å². The fourth-order valence-electron chi connectivity index (χ4n) is 4.76. The number of carboxylic acids is 1. The molecule has 6 heteroatoms. The van der Waals surface area contributed by atoms with Crippen LogP contribution in [0, 0.1) is 11.3 Å². The molecule has 0 saturated heterocycles. The maximum Gasteiger partial charge on any atom is 0.346 e. The molecule has 1 N–H and O–H groups in total. The number of imidazole rings is 1. The van der Waals surface area contributed by atoms with Crippen LogP contribution in [0.15, 0.2) is 90.5 Å². The number of hydrogen-bond donors (Lipinski definition) is 1. The van der Waals surface area contributed by atoms with Gasteiger partial charge in [-0.05, 0) is 60.4 Å². The largest absolute Gasteiger partial charge is 0.477 e. The average molecular weight is 532 g/mol. The zero-order valence-corrected chi connectivity index (χ0v) is 22.6. The lowest BCUT2D eigenvalue weighted by atomic mass is 10.0. The third-order valence-electron chi connectivity index (χ3n) is 6.77. The van der Waals surface area contributed by atoms with E-state index in [1.807, 2.05) is 42.5 Å². The molecule has 0 aliphatic rings. The molecule has 0 fully saturated rings. The van der Waals surface area contributed by atoms with Crippen LogP contribution < -0.4 is 0 Å². The molecular weight excluding hydrogens is 502 g/mol. The lowest BCUT2D eigenvalue weighted by Gasteiger charge is -2.10. The van der Waals surface area contributed by atoms with Gasteiger partial charge in [-0.1, -0.05) is 80.8 Å². The van der Waals surface area contributed by atoms with E-state index in [2.05, 4.69) is 60.0 Å². The highest BCUT2D eigenvalue weighted by molar-refractivity contribution is 7.16. The molecular formula is C33H29N3O2S. The molecule has 0 radical (unpaired) electrons. The number of hydrogen-bond acceptors (Lipinski definition) is 4. The number of para-hydroxylation sites is 3. The van der Waals surface area contributed by atoms with E-state index in [0.717, 1.165) is 74.7 Å². The standard InChI is InChI=1S/C33H29N3O2S/c1-2-3-4-6-11-25-20-30(39-31(25)21-26(22-34)33(37)38)23-16-18-24(19-17-23)32-35-28-14-9-10-15-29(28)36(32)27-12-7-5-8-13-27/h5,7-10,12-21H,2-4,6,11H2,1H3,(H,37,38)/b26-21+. The van der Waals surface area contributed by atoms with Crippen LogP contribution in [0.4, 0.5) is 0 Å². The number of thiophene rings is 1. The van der Waals surface area contributed by atoms with Crippen LogP contribution in [0.25, 0.3) is 44.6 Å². The molecule has 0 amide bonds. The maximum absolute atomic E-state index is 11.5. The first-order chi connectivity index (χ1) is 19.1. The number of unbranched alkanes of at least 4 members (excludes halogenated alkanes) is 3. The molecule has 0 unspecified atom stereocenters. The Labute approximate surface area is 232 Å². The lowest BCUT2D eigenvalue weighted by Crippen LogP contribution is -1.97. The van der Waals surface area contributed by atoms with Gasteiger partial charge in [-0.3, -0.25) is 4.57 Å². The highest BCUT2D eigenvalue weighted by Gasteiger charge is 2.16. The van der Waals surface area contributed by atoms with Crippen molar-refractivity contribution in [1.82, 2.24) is 9.55 Å². The van der Waals surface area contributed by atoms with E-state index in [-0.39, 0.29) is 5.57 Å². The highest BCUT2D eigenvalue weighted by Crippen LogP contribution is 2.36. The van der Waals surface area contributed by atoms with E-state index in [0.29, 0.717) is 0 Å². The molecule has 0 aliphatic heterocycles. The SMILES string of the molecule is CCCCCCc1cc(-c2ccc(-c3nc4ccccc4n3-c3ccccc3)cc2)sc1/C=C(\C#N)C(=O)O. The van der Waals surface area contributed by atoms with Gasteiger partial charge in [0.05, 0.1) is 11.0 Å². The molecule has 5 nitrogen and oxygen atoms in total. The van der Waals surface area contributed by atoms with Crippen molar-refractivity contribution in [3.05, 3.63) is 101 Å². The first-order valence-corrected chi connectivity index (χ1v) is 14.0. The van der Waals surface area contributed by atoms with Crippen LogP contribution >= 0.6 is 11.3 Å². The molecule has 3 aromatic carbocycles. The van der Waals surface area contributed by atoms with Gasteiger partial charge in [0.25, 0.3) is 0 Å². The predicted octanol–water partition coefficient (Wildman–Crippen LogP) is 8.54. The van der Waals surface area contributed by atoms with E-state index in [1.54, 1.807) is 0 Å². The van der Waals surface area contributed by atoms with Gasteiger partial charge in [0.15, 0.2) is 0 Å². The Balaban J connectivity index is 1.51. The van der Waals surface area contributed by atoms with Crippen molar-refractivity contribution in [2.24, 2.45) is 0 Å². The summed E-state index contributed by atoms with van der Waals surface area (Å²) < 4.78 is 2.18. The monoisotopic (exact) mass is 531 g/mol. The average Bonchev–Trinajstić information content (AvgIpc) is 3.56. The van der Waals surface area contributed by atoms with Crippen LogP contribution in [-0.2, 0) is 11.2 Å². The van der Waals surface area contributed by atoms with Gasteiger partial charge in [-0.15, -0.1) is 11.3 Å². The Morgan fingerprint density at radius 1 is 0.974 bits per heavy atom. The minimum Gasteiger partial charge on any atom is -0.477 e. The van der Waals surface area contributed by atoms with Crippen molar-refractivity contribution >= 4 is 34.4 Å². The number of nitrogens with zero attached hydrogens (tertiary/aromatic N) is 3. The summed E-state index contributed by atoms with van der Waals surface area (Å²) >= 11 is 1.53. The minimum atomic E-state index is -1.20. The second-order valence-corrected chi connectivity index (χ2v) is 10.5. The molecule has 5 aromatic rings. The smallest absolute Gasteiger partial charge is 0.346 e. The Kier molecular flexibility index (Phi) is 8.00. The Morgan fingerprint density at radius 2 is 1.69 bits per heavy atom. The number of nitriles is 1. The number of carbonyl (C=O) groups is 1. The van der Waals surface area contributed by atoms with E-state index >= 15 is 0 Å². The third kappa shape index (κ3) is 5.69. The molecule has 39 heavy (non-hydrogen) atoms. The summed E-state index contributed by atoms with van der Waals surface area (Å²) in [6, 6.07) is 30.7. The first kappa shape index (κ1) is 26.1.